The van der Waals surface area contributed by atoms with E-state index < -0.39 is 33.4 Å². The standard InChI is InChI=1S/C24H23N3O7S2/c1-2-34-24(29)22-19-9-6-10-20(19)35-23(22)25-21(28)15-26(16-11-13-17(14-12-16)27(30)31)36(32,33)18-7-4-3-5-8-18/h3-5,7-8,11-14H,2,6,9-10,15H2,1H3,(H,25,28). The largest absolute Gasteiger partial charge is 0.462 e. The molecule has 1 aromatic heterocycles. The number of carbonyl (C=O) groups is 2. The normalized spacial score (nSPS) is 12.6. The molecule has 4 rings (SSSR count). The van der Waals surface area contributed by atoms with E-state index in [9.17, 15) is 28.1 Å². The van der Waals surface area contributed by atoms with Crippen LogP contribution in [0.4, 0.5) is 16.4 Å². The van der Waals surface area contributed by atoms with Crippen molar-refractivity contribution in [2.24, 2.45) is 0 Å². The Bertz CT molecular complexity index is 1400. The zero-order chi connectivity index (χ0) is 25.9. The van der Waals surface area contributed by atoms with Gasteiger partial charge in [-0.15, -0.1) is 11.3 Å². The Labute approximate surface area is 211 Å². The second-order valence-corrected chi connectivity index (χ2v) is 10.9. The highest BCUT2D eigenvalue weighted by molar-refractivity contribution is 7.92. The van der Waals surface area contributed by atoms with E-state index in [0.29, 0.717) is 17.0 Å². The first kappa shape index (κ1) is 25.3. The van der Waals surface area contributed by atoms with Crippen molar-refractivity contribution < 1.29 is 27.7 Å². The molecular formula is C24H23N3O7S2. The van der Waals surface area contributed by atoms with E-state index in [0.717, 1.165) is 27.6 Å². The highest BCUT2D eigenvalue weighted by Crippen LogP contribution is 2.39. The zero-order valence-electron chi connectivity index (χ0n) is 19.3. The SMILES string of the molecule is CCOC(=O)c1c(NC(=O)CN(c2ccc([N+](=O)[O-])cc2)S(=O)(=O)c2ccccc2)sc2c1CCC2. The summed E-state index contributed by atoms with van der Waals surface area (Å²) in [4.78, 5) is 37.2. The lowest BCUT2D eigenvalue weighted by molar-refractivity contribution is -0.384. The van der Waals surface area contributed by atoms with Crippen molar-refractivity contribution in [1.82, 2.24) is 0 Å². The van der Waals surface area contributed by atoms with Gasteiger partial charge >= 0.3 is 5.97 Å². The molecule has 0 atom stereocenters. The maximum absolute atomic E-state index is 13.5. The predicted molar refractivity (Wildman–Crippen MR) is 135 cm³/mol. The van der Waals surface area contributed by atoms with Gasteiger partial charge in [0.15, 0.2) is 0 Å². The number of fused-ring (bicyclic) bond motifs is 1. The van der Waals surface area contributed by atoms with Crippen molar-refractivity contribution in [3.63, 3.8) is 0 Å². The third-order valence-electron chi connectivity index (χ3n) is 5.62. The summed E-state index contributed by atoms with van der Waals surface area (Å²) in [6.07, 6.45) is 2.40. The lowest BCUT2D eigenvalue weighted by atomic mass is 10.1. The molecule has 0 saturated carbocycles. The summed E-state index contributed by atoms with van der Waals surface area (Å²) in [6.45, 7) is 1.26. The number of carbonyl (C=O) groups excluding carboxylic acids is 2. The smallest absolute Gasteiger partial charge is 0.341 e. The van der Waals surface area contributed by atoms with Crippen molar-refractivity contribution in [3.8, 4) is 0 Å². The number of esters is 1. The molecule has 0 unspecified atom stereocenters. The zero-order valence-corrected chi connectivity index (χ0v) is 20.9. The van der Waals surface area contributed by atoms with Gasteiger partial charge < -0.3 is 10.1 Å². The number of rotatable bonds is 9. The molecule has 2 aromatic carbocycles. The Kier molecular flexibility index (Phi) is 7.36. The van der Waals surface area contributed by atoms with Gasteiger partial charge in [-0.1, -0.05) is 18.2 Å². The number of hydrogen-bond acceptors (Lipinski definition) is 8. The minimum Gasteiger partial charge on any atom is -0.462 e. The number of benzene rings is 2. The number of amides is 1. The van der Waals surface area contributed by atoms with Gasteiger partial charge in [0.25, 0.3) is 15.7 Å². The summed E-state index contributed by atoms with van der Waals surface area (Å²) in [5, 5.41) is 14.1. The number of nitro benzene ring substituents is 1. The van der Waals surface area contributed by atoms with Crippen LogP contribution in [0.5, 0.6) is 0 Å². The number of non-ortho nitro benzene ring substituents is 1. The van der Waals surface area contributed by atoms with Crippen LogP contribution in [-0.2, 0) is 32.4 Å². The number of hydrogen-bond donors (Lipinski definition) is 1. The number of nitrogens with zero attached hydrogens (tertiary/aromatic N) is 2. The number of thiophene rings is 1. The highest BCUT2D eigenvalue weighted by Gasteiger charge is 2.31. The summed E-state index contributed by atoms with van der Waals surface area (Å²) >= 11 is 1.29. The average molecular weight is 530 g/mol. The molecule has 10 nitrogen and oxygen atoms in total. The van der Waals surface area contributed by atoms with E-state index in [4.69, 9.17) is 4.74 Å². The topological polar surface area (TPSA) is 136 Å². The maximum atomic E-state index is 13.5. The van der Waals surface area contributed by atoms with Crippen LogP contribution < -0.4 is 9.62 Å². The van der Waals surface area contributed by atoms with Gasteiger partial charge in [0.1, 0.15) is 11.5 Å². The second-order valence-electron chi connectivity index (χ2n) is 7.93. The fourth-order valence-corrected chi connectivity index (χ4v) is 6.72. The third-order valence-corrected chi connectivity index (χ3v) is 8.62. The van der Waals surface area contributed by atoms with E-state index in [1.807, 2.05) is 0 Å². The fraction of sp³-hybridized carbons (Fsp3) is 0.250. The molecule has 0 radical (unpaired) electrons. The summed E-state index contributed by atoms with van der Waals surface area (Å²) in [5.74, 6) is -1.20. The number of nitrogens with one attached hydrogen (secondary N) is 1. The molecule has 12 heteroatoms. The van der Waals surface area contributed by atoms with Gasteiger partial charge in [0, 0.05) is 17.0 Å². The van der Waals surface area contributed by atoms with Gasteiger partial charge in [-0.05, 0) is 56.0 Å². The third kappa shape index (κ3) is 5.09. The van der Waals surface area contributed by atoms with Crippen LogP contribution in [-0.4, -0.2) is 38.4 Å². The maximum Gasteiger partial charge on any atom is 0.341 e. The molecule has 0 saturated heterocycles. The molecule has 0 bridgehead atoms. The molecule has 0 fully saturated rings. The molecule has 1 aliphatic carbocycles. The molecule has 1 amide bonds. The lowest BCUT2D eigenvalue weighted by Crippen LogP contribution is -2.38. The Morgan fingerprint density at radius 2 is 1.81 bits per heavy atom. The molecule has 1 heterocycles. The van der Waals surface area contributed by atoms with Crippen molar-refractivity contribution in [3.05, 3.63) is 80.7 Å². The Hall–Kier alpha value is -3.77. The van der Waals surface area contributed by atoms with Crippen LogP contribution in [0.1, 0.15) is 34.1 Å². The predicted octanol–water partition coefficient (Wildman–Crippen LogP) is 4.16. The Morgan fingerprint density at radius 1 is 1.11 bits per heavy atom. The number of sulfonamides is 1. The monoisotopic (exact) mass is 529 g/mol. The molecular weight excluding hydrogens is 506 g/mol. The van der Waals surface area contributed by atoms with Crippen LogP contribution in [0.2, 0.25) is 0 Å². The number of anilines is 2. The lowest BCUT2D eigenvalue weighted by Gasteiger charge is -2.24. The summed E-state index contributed by atoms with van der Waals surface area (Å²) in [7, 11) is -4.19. The van der Waals surface area contributed by atoms with Gasteiger partial charge in [0.2, 0.25) is 5.91 Å². The average Bonchev–Trinajstić information content (AvgIpc) is 3.44. The molecule has 3 aromatic rings. The number of ether oxygens (including phenoxy) is 1. The molecule has 0 spiro atoms. The minimum atomic E-state index is -4.19. The Balaban J connectivity index is 1.66. The van der Waals surface area contributed by atoms with Crippen LogP contribution in [0, 0.1) is 10.1 Å². The van der Waals surface area contributed by atoms with E-state index in [1.54, 1.807) is 25.1 Å². The van der Waals surface area contributed by atoms with E-state index >= 15 is 0 Å². The quantitative estimate of drug-likeness (QED) is 0.250. The summed E-state index contributed by atoms with van der Waals surface area (Å²) in [5.41, 5.74) is 1.04. The fourth-order valence-electron chi connectivity index (χ4n) is 3.98. The summed E-state index contributed by atoms with van der Waals surface area (Å²) < 4.78 is 33.0. The van der Waals surface area contributed by atoms with Gasteiger partial charge in [0.05, 0.1) is 27.7 Å². The number of aryl methyl sites for hydroxylation is 1. The van der Waals surface area contributed by atoms with Crippen molar-refractivity contribution in [2.75, 3.05) is 22.8 Å². The van der Waals surface area contributed by atoms with Crippen molar-refractivity contribution in [2.45, 2.75) is 31.1 Å². The first-order valence-corrected chi connectivity index (χ1v) is 13.4. The van der Waals surface area contributed by atoms with E-state index in [-0.39, 0.29) is 22.9 Å². The van der Waals surface area contributed by atoms with Crippen LogP contribution >= 0.6 is 11.3 Å². The van der Waals surface area contributed by atoms with Crippen LogP contribution in [0.3, 0.4) is 0 Å². The van der Waals surface area contributed by atoms with Gasteiger partial charge in [-0.2, -0.15) is 0 Å². The van der Waals surface area contributed by atoms with Crippen LogP contribution in [0.15, 0.2) is 59.5 Å². The van der Waals surface area contributed by atoms with Crippen molar-refractivity contribution >= 4 is 49.6 Å². The highest BCUT2D eigenvalue weighted by atomic mass is 32.2. The summed E-state index contributed by atoms with van der Waals surface area (Å²) in [6, 6.07) is 12.5. The molecule has 1 aliphatic rings. The first-order chi connectivity index (χ1) is 17.2. The molecule has 1 N–H and O–H groups in total. The minimum absolute atomic E-state index is 0.0431. The van der Waals surface area contributed by atoms with Gasteiger partial charge in [-0.3, -0.25) is 19.2 Å². The van der Waals surface area contributed by atoms with E-state index in [1.165, 1.54) is 47.7 Å². The van der Waals surface area contributed by atoms with E-state index in [2.05, 4.69) is 5.32 Å². The number of nitro groups is 1. The molecule has 188 valence electrons. The first-order valence-electron chi connectivity index (χ1n) is 11.2. The second kappa shape index (κ2) is 10.5. The molecule has 36 heavy (non-hydrogen) atoms. The Morgan fingerprint density at radius 3 is 2.44 bits per heavy atom. The van der Waals surface area contributed by atoms with Gasteiger partial charge in [-0.25, -0.2) is 13.2 Å². The van der Waals surface area contributed by atoms with Crippen molar-refractivity contribution in [1.29, 1.82) is 0 Å². The molecule has 0 aliphatic heterocycles. The van der Waals surface area contributed by atoms with Crippen LogP contribution in [0.25, 0.3) is 0 Å².